The van der Waals surface area contributed by atoms with Crippen molar-refractivity contribution in [1.82, 2.24) is 20.0 Å². The van der Waals surface area contributed by atoms with Crippen LogP contribution in [0, 0.1) is 5.82 Å². The number of benzene rings is 2. The summed E-state index contributed by atoms with van der Waals surface area (Å²) in [7, 11) is 0. The Morgan fingerprint density at radius 1 is 1.03 bits per heavy atom. The molecule has 156 valence electrons. The van der Waals surface area contributed by atoms with Gasteiger partial charge in [0.25, 0.3) is 11.4 Å². The number of carbonyl (C=O) groups is 1. The van der Waals surface area contributed by atoms with Crippen LogP contribution in [0.2, 0.25) is 5.02 Å². The smallest absolute Gasteiger partial charge is 0.259 e. The van der Waals surface area contributed by atoms with Gasteiger partial charge in [-0.2, -0.15) is 4.98 Å². The lowest BCUT2D eigenvalue weighted by Gasteiger charge is -2.08. The van der Waals surface area contributed by atoms with E-state index in [4.69, 9.17) is 16.1 Å². The molecule has 1 N–H and O–H groups in total. The largest absolute Gasteiger partial charge is 0.350 e. The average molecular weight is 439 g/mol. The molecule has 0 atom stereocenters. The number of hydrogen-bond acceptors (Lipinski definition) is 5. The van der Waals surface area contributed by atoms with E-state index in [0.29, 0.717) is 16.4 Å². The van der Waals surface area contributed by atoms with Gasteiger partial charge < -0.3 is 14.4 Å². The molecule has 31 heavy (non-hydrogen) atoms. The summed E-state index contributed by atoms with van der Waals surface area (Å²) in [5, 5.41) is 7.25. The molecule has 4 aromatic rings. The fourth-order valence-corrected chi connectivity index (χ4v) is 2.98. The Hall–Kier alpha value is -3.78. The van der Waals surface area contributed by atoms with Crippen molar-refractivity contribution >= 4 is 17.5 Å². The Balaban J connectivity index is 1.47. The highest BCUT2D eigenvalue weighted by Crippen LogP contribution is 2.22. The lowest BCUT2D eigenvalue weighted by Crippen LogP contribution is -2.31. The summed E-state index contributed by atoms with van der Waals surface area (Å²) in [5.74, 6) is -0.124. The van der Waals surface area contributed by atoms with Crippen molar-refractivity contribution in [1.29, 1.82) is 0 Å². The highest BCUT2D eigenvalue weighted by molar-refractivity contribution is 6.30. The highest BCUT2D eigenvalue weighted by Gasteiger charge is 2.13. The molecule has 0 spiro atoms. The van der Waals surface area contributed by atoms with Crippen LogP contribution in [0.5, 0.6) is 0 Å². The second-order valence-corrected chi connectivity index (χ2v) is 7.15. The number of nitrogens with one attached hydrogen (secondary N) is 1. The number of pyridine rings is 1. The third kappa shape index (κ3) is 5.04. The molecule has 0 aliphatic rings. The van der Waals surface area contributed by atoms with E-state index in [-0.39, 0.29) is 36.3 Å². The minimum atomic E-state index is -0.365. The zero-order chi connectivity index (χ0) is 21.8. The molecule has 9 heteroatoms. The van der Waals surface area contributed by atoms with Crippen molar-refractivity contribution in [3.63, 3.8) is 0 Å². The quantitative estimate of drug-likeness (QED) is 0.496. The molecular weight excluding hydrogens is 423 g/mol. The van der Waals surface area contributed by atoms with Gasteiger partial charge in [0.15, 0.2) is 0 Å². The van der Waals surface area contributed by atoms with Crippen LogP contribution >= 0.6 is 11.6 Å². The van der Waals surface area contributed by atoms with Crippen LogP contribution < -0.4 is 10.9 Å². The second kappa shape index (κ2) is 8.93. The normalized spacial score (nSPS) is 10.8. The zero-order valence-corrected chi connectivity index (χ0v) is 16.8. The van der Waals surface area contributed by atoms with E-state index in [2.05, 4.69) is 15.5 Å². The summed E-state index contributed by atoms with van der Waals surface area (Å²) in [6, 6.07) is 15.6. The number of rotatable bonds is 6. The van der Waals surface area contributed by atoms with Crippen LogP contribution in [0.15, 0.2) is 76.2 Å². The molecule has 7 nitrogen and oxygen atoms in total. The Labute approximate surface area is 181 Å². The number of halogens is 2. The van der Waals surface area contributed by atoms with E-state index in [1.54, 1.807) is 42.5 Å². The van der Waals surface area contributed by atoms with Crippen LogP contribution in [0.25, 0.3) is 22.8 Å². The van der Waals surface area contributed by atoms with Gasteiger partial charge in [0.05, 0.1) is 5.56 Å². The molecule has 0 radical (unpaired) electrons. The fourth-order valence-electron chi connectivity index (χ4n) is 2.85. The maximum Gasteiger partial charge on any atom is 0.259 e. The maximum atomic E-state index is 13.0. The van der Waals surface area contributed by atoms with Crippen molar-refractivity contribution in [3.05, 3.63) is 93.6 Å². The predicted molar refractivity (Wildman–Crippen MR) is 113 cm³/mol. The molecule has 0 aliphatic heterocycles. The molecule has 1 amide bonds. The lowest BCUT2D eigenvalue weighted by atomic mass is 10.2. The lowest BCUT2D eigenvalue weighted by molar-refractivity contribution is -0.121. The standard InChI is InChI=1S/C22H16ClFN4O3/c23-17-6-3-15(4-7-17)21-26-22(31-27-21)16-5-10-20(30)28(12-16)13-19(29)25-11-14-1-8-18(24)9-2-14/h1-10,12H,11,13H2,(H,25,29). The van der Waals surface area contributed by atoms with Gasteiger partial charge in [0.1, 0.15) is 12.4 Å². The first-order valence-corrected chi connectivity index (χ1v) is 9.67. The van der Waals surface area contributed by atoms with Crippen molar-refractivity contribution in [3.8, 4) is 22.8 Å². The third-order valence-corrected chi connectivity index (χ3v) is 4.73. The summed E-state index contributed by atoms with van der Waals surface area (Å²) < 4.78 is 19.5. The van der Waals surface area contributed by atoms with Crippen molar-refractivity contribution in [2.24, 2.45) is 0 Å². The van der Waals surface area contributed by atoms with E-state index >= 15 is 0 Å². The summed E-state index contributed by atoms with van der Waals surface area (Å²) in [6.07, 6.45) is 1.49. The Bertz CT molecular complexity index is 1270. The molecule has 0 saturated heterocycles. The molecular formula is C22H16ClFN4O3. The Morgan fingerprint density at radius 2 is 1.74 bits per heavy atom. The number of amides is 1. The topological polar surface area (TPSA) is 90.0 Å². The van der Waals surface area contributed by atoms with Crippen molar-refractivity contribution < 1.29 is 13.7 Å². The van der Waals surface area contributed by atoms with Gasteiger partial charge in [-0.3, -0.25) is 9.59 Å². The summed E-state index contributed by atoms with van der Waals surface area (Å²) in [5.41, 5.74) is 1.63. The van der Waals surface area contributed by atoms with Gasteiger partial charge in [0.2, 0.25) is 11.7 Å². The van der Waals surface area contributed by atoms with Gasteiger partial charge >= 0.3 is 0 Å². The molecule has 0 fully saturated rings. The molecule has 0 aliphatic carbocycles. The maximum absolute atomic E-state index is 13.0. The van der Waals surface area contributed by atoms with Gasteiger partial charge in [-0.05, 0) is 48.0 Å². The monoisotopic (exact) mass is 438 g/mol. The van der Waals surface area contributed by atoms with E-state index < -0.39 is 0 Å². The molecule has 0 unspecified atom stereocenters. The Kier molecular flexibility index (Phi) is 5.90. The minimum Gasteiger partial charge on any atom is -0.350 e. The van der Waals surface area contributed by atoms with Crippen LogP contribution in [-0.4, -0.2) is 20.6 Å². The van der Waals surface area contributed by atoms with E-state index in [0.717, 1.165) is 11.1 Å². The zero-order valence-electron chi connectivity index (χ0n) is 16.1. The van der Waals surface area contributed by atoms with Gasteiger partial charge in [-0.15, -0.1) is 0 Å². The highest BCUT2D eigenvalue weighted by atomic mass is 35.5. The van der Waals surface area contributed by atoms with Crippen LogP contribution in [-0.2, 0) is 17.9 Å². The summed E-state index contributed by atoms with van der Waals surface area (Å²) in [4.78, 5) is 28.8. The number of carbonyl (C=O) groups excluding carboxylic acids is 1. The first-order valence-electron chi connectivity index (χ1n) is 9.29. The summed E-state index contributed by atoms with van der Waals surface area (Å²) in [6.45, 7) is 0.0354. The van der Waals surface area contributed by atoms with Gasteiger partial charge in [-0.25, -0.2) is 4.39 Å². The minimum absolute atomic E-state index is 0.188. The first kappa shape index (κ1) is 20.5. The molecule has 2 aromatic carbocycles. The number of aromatic nitrogens is 3. The fraction of sp³-hybridized carbons (Fsp3) is 0.0909. The van der Waals surface area contributed by atoms with Gasteiger partial charge in [-0.1, -0.05) is 28.9 Å². The number of hydrogen-bond donors (Lipinski definition) is 1. The molecule has 0 bridgehead atoms. The van der Waals surface area contributed by atoms with E-state index in [1.807, 2.05) is 0 Å². The SMILES string of the molecule is O=C(Cn1cc(-c2nc(-c3ccc(Cl)cc3)no2)ccc1=O)NCc1ccc(F)cc1. The van der Waals surface area contributed by atoms with Crippen molar-refractivity contribution in [2.75, 3.05) is 0 Å². The van der Waals surface area contributed by atoms with Crippen LogP contribution in [0.4, 0.5) is 4.39 Å². The third-order valence-electron chi connectivity index (χ3n) is 4.48. The average Bonchev–Trinajstić information content (AvgIpc) is 3.26. The molecule has 0 saturated carbocycles. The predicted octanol–water partition coefficient (Wildman–Crippen LogP) is 3.67. The first-order chi connectivity index (χ1) is 15.0. The van der Waals surface area contributed by atoms with Crippen molar-refractivity contribution in [2.45, 2.75) is 13.1 Å². The van der Waals surface area contributed by atoms with E-state index in [1.165, 1.54) is 29.0 Å². The van der Waals surface area contributed by atoms with Gasteiger partial charge in [0, 0.05) is 29.4 Å². The second-order valence-electron chi connectivity index (χ2n) is 6.72. The Morgan fingerprint density at radius 3 is 2.48 bits per heavy atom. The molecule has 4 rings (SSSR count). The molecule has 2 heterocycles. The van der Waals surface area contributed by atoms with E-state index in [9.17, 15) is 14.0 Å². The van der Waals surface area contributed by atoms with Crippen LogP contribution in [0.1, 0.15) is 5.56 Å². The number of nitrogens with zero attached hydrogens (tertiary/aromatic N) is 3. The molecule has 2 aromatic heterocycles. The van der Waals surface area contributed by atoms with Crippen LogP contribution in [0.3, 0.4) is 0 Å². The summed E-state index contributed by atoms with van der Waals surface area (Å²) >= 11 is 5.89.